The molecule has 7 nitrogen and oxygen atoms in total. The Kier molecular flexibility index (Phi) is 2.43. The maximum absolute atomic E-state index is 11.7. The van der Waals surface area contributed by atoms with Gasteiger partial charge in [0.25, 0.3) is 5.56 Å². The second-order valence-electron chi connectivity index (χ2n) is 3.37. The Morgan fingerprint density at radius 2 is 2.12 bits per heavy atom. The standard InChI is InChI=1S/C9H8N4O3/c1-5(14)2-3-13-4-10-7-6(8(13)15)11-9(16)12-7/h4H,2-3H2,1H3. The summed E-state index contributed by atoms with van der Waals surface area (Å²) in [6.07, 6.45) is 1.51. The summed E-state index contributed by atoms with van der Waals surface area (Å²) in [5.41, 5.74) is -0.394. The fraction of sp³-hybridized carbons (Fsp3) is 0.333. The summed E-state index contributed by atoms with van der Waals surface area (Å²) in [5.74, 6) is -0.0231. The number of carbonyl (C=O) groups excluding carboxylic acids is 2. The number of nitrogens with zero attached hydrogens (tertiary/aromatic N) is 4. The number of fused-ring (bicyclic) bond motifs is 1. The minimum Gasteiger partial charge on any atom is -0.300 e. The van der Waals surface area contributed by atoms with Gasteiger partial charge in [-0.25, -0.2) is 9.78 Å². The monoisotopic (exact) mass is 220 g/mol. The van der Waals surface area contributed by atoms with Crippen LogP contribution in [0.4, 0.5) is 4.79 Å². The summed E-state index contributed by atoms with van der Waals surface area (Å²) < 4.78 is 1.25. The first-order chi connectivity index (χ1) is 7.58. The molecule has 0 saturated heterocycles. The van der Waals surface area contributed by atoms with Crippen LogP contribution < -0.4 is 16.4 Å². The summed E-state index contributed by atoms with van der Waals surface area (Å²) in [6.45, 7) is 1.67. The smallest absolute Gasteiger partial charge is 0.300 e. The molecule has 0 atom stereocenters. The highest BCUT2D eigenvalue weighted by molar-refractivity contribution is 5.77. The van der Waals surface area contributed by atoms with Gasteiger partial charge in [0.1, 0.15) is 12.1 Å². The molecular formula is C9H8N4O3. The van der Waals surface area contributed by atoms with E-state index in [1.807, 2.05) is 0 Å². The van der Waals surface area contributed by atoms with Crippen LogP contribution in [-0.2, 0) is 11.3 Å². The Hall–Kier alpha value is -2.18. The van der Waals surface area contributed by atoms with E-state index in [1.165, 1.54) is 17.8 Å². The van der Waals surface area contributed by atoms with Crippen LogP contribution in [0.15, 0.2) is 21.1 Å². The average molecular weight is 220 g/mol. The van der Waals surface area contributed by atoms with Crippen molar-refractivity contribution in [2.24, 2.45) is 9.98 Å². The molecule has 0 radical (unpaired) electrons. The number of hydrogen-bond donors (Lipinski definition) is 0. The van der Waals surface area contributed by atoms with Crippen LogP contribution in [0.3, 0.4) is 0 Å². The zero-order valence-electron chi connectivity index (χ0n) is 8.51. The van der Waals surface area contributed by atoms with E-state index in [9.17, 15) is 14.4 Å². The van der Waals surface area contributed by atoms with E-state index >= 15 is 0 Å². The molecule has 1 aromatic rings. The van der Waals surface area contributed by atoms with E-state index in [-0.39, 0.29) is 29.6 Å². The van der Waals surface area contributed by atoms with Crippen LogP contribution in [0.5, 0.6) is 0 Å². The summed E-state index contributed by atoms with van der Waals surface area (Å²) in [5, 5.41) is -0.0453. The van der Waals surface area contributed by atoms with Crippen molar-refractivity contribution in [3.63, 3.8) is 0 Å². The number of ketones is 1. The molecule has 1 aliphatic heterocycles. The second kappa shape index (κ2) is 3.76. The summed E-state index contributed by atoms with van der Waals surface area (Å²) in [6, 6.07) is -0.719. The largest absolute Gasteiger partial charge is 0.370 e. The lowest BCUT2D eigenvalue weighted by atomic mass is 10.3. The highest BCUT2D eigenvalue weighted by Crippen LogP contribution is 1.86. The minimum atomic E-state index is -0.719. The SMILES string of the molecule is CC(=O)CCn1cnc2c(c1=O)=NC(=O)N=2. The first kappa shape index (κ1) is 10.3. The van der Waals surface area contributed by atoms with Crippen molar-refractivity contribution >= 4 is 11.8 Å². The quantitative estimate of drug-likeness (QED) is 0.625. The fourth-order valence-electron chi connectivity index (χ4n) is 1.30. The van der Waals surface area contributed by atoms with E-state index in [0.29, 0.717) is 0 Å². The average Bonchev–Trinajstić information content (AvgIpc) is 2.58. The molecule has 0 unspecified atom stereocenters. The number of urea groups is 1. The molecular weight excluding hydrogens is 212 g/mol. The molecule has 0 spiro atoms. The van der Waals surface area contributed by atoms with Gasteiger partial charge in [-0.1, -0.05) is 0 Å². The predicted molar refractivity (Wildman–Crippen MR) is 51.5 cm³/mol. The van der Waals surface area contributed by atoms with Gasteiger partial charge in [0.05, 0.1) is 0 Å². The third kappa shape index (κ3) is 1.79. The van der Waals surface area contributed by atoms with Crippen molar-refractivity contribution in [1.29, 1.82) is 0 Å². The molecule has 2 heterocycles. The van der Waals surface area contributed by atoms with Gasteiger partial charge in [-0.2, -0.15) is 9.98 Å². The molecule has 0 saturated carbocycles. The molecule has 7 heteroatoms. The van der Waals surface area contributed by atoms with Gasteiger partial charge < -0.3 is 0 Å². The lowest BCUT2D eigenvalue weighted by Gasteiger charge is -2.00. The zero-order valence-corrected chi connectivity index (χ0v) is 8.51. The minimum absolute atomic E-state index is 0.0231. The second-order valence-corrected chi connectivity index (χ2v) is 3.37. The van der Waals surface area contributed by atoms with Crippen LogP contribution in [0.1, 0.15) is 13.3 Å². The molecule has 0 bridgehead atoms. The third-order valence-corrected chi connectivity index (χ3v) is 2.11. The topological polar surface area (TPSA) is 93.7 Å². The lowest BCUT2D eigenvalue weighted by Crippen LogP contribution is -2.45. The van der Waals surface area contributed by atoms with Crippen molar-refractivity contribution in [3.05, 3.63) is 27.5 Å². The van der Waals surface area contributed by atoms with Gasteiger partial charge in [0.15, 0.2) is 10.8 Å². The van der Waals surface area contributed by atoms with E-state index in [1.54, 1.807) is 0 Å². The molecule has 0 aliphatic carbocycles. The van der Waals surface area contributed by atoms with Crippen molar-refractivity contribution in [1.82, 2.24) is 9.55 Å². The highest BCUT2D eigenvalue weighted by atomic mass is 16.2. The number of hydrogen-bond acceptors (Lipinski definition) is 4. The molecule has 16 heavy (non-hydrogen) atoms. The molecule has 0 aromatic carbocycles. The van der Waals surface area contributed by atoms with E-state index in [4.69, 9.17) is 0 Å². The van der Waals surface area contributed by atoms with E-state index < -0.39 is 11.6 Å². The summed E-state index contributed by atoms with van der Waals surface area (Å²) in [4.78, 5) is 44.1. The number of aromatic nitrogens is 2. The van der Waals surface area contributed by atoms with Gasteiger partial charge >= 0.3 is 6.03 Å². The first-order valence-corrected chi connectivity index (χ1v) is 4.64. The van der Waals surface area contributed by atoms with Gasteiger partial charge in [-0.3, -0.25) is 14.2 Å². The number of carbonyl (C=O) groups is 2. The van der Waals surface area contributed by atoms with Crippen molar-refractivity contribution in [3.8, 4) is 0 Å². The van der Waals surface area contributed by atoms with Crippen LogP contribution >= 0.6 is 0 Å². The molecule has 1 aromatic heterocycles. The fourth-order valence-corrected chi connectivity index (χ4v) is 1.30. The lowest BCUT2D eigenvalue weighted by molar-refractivity contribution is -0.117. The Balaban J connectivity index is 2.47. The van der Waals surface area contributed by atoms with Gasteiger partial charge in [0, 0.05) is 13.0 Å². The Morgan fingerprint density at radius 3 is 2.81 bits per heavy atom. The van der Waals surface area contributed by atoms with E-state index in [2.05, 4.69) is 15.0 Å². The molecule has 2 amide bonds. The van der Waals surface area contributed by atoms with Crippen molar-refractivity contribution < 1.29 is 9.59 Å². The van der Waals surface area contributed by atoms with Gasteiger partial charge in [0.2, 0.25) is 0 Å². The van der Waals surface area contributed by atoms with Crippen molar-refractivity contribution in [2.45, 2.75) is 19.9 Å². The number of Topliss-reactive ketones (excluding diaryl/α,β-unsaturated/α-hetero) is 1. The van der Waals surface area contributed by atoms with Crippen LogP contribution in [0.25, 0.3) is 0 Å². The van der Waals surface area contributed by atoms with E-state index in [0.717, 1.165) is 0 Å². The van der Waals surface area contributed by atoms with Gasteiger partial charge in [-0.15, -0.1) is 0 Å². The number of aryl methyl sites for hydroxylation is 1. The number of amides is 2. The predicted octanol–water partition coefficient (Wildman–Crippen LogP) is -1.40. The van der Waals surface area contributed by atoms with Gasteiger partial charge in [-0.05, 0) is 6.92 Å². The Morgan fingerprint density at radius 1 is 1.38 bits per heavy atom. The maximum Gasteiger partial charge on any atom is 0.370 e. The van der Waals surface area contributed by atoms with Crippen LogP contribution in [-0.4, -0.2) is 21.4 Å². The molecule has 2 rings (SSSR count). The Labute approximate surface area is 89.2 Å². The Bertz CT molecular complexity index is 644. The van der Waals surface area contributed by atoms with Crippen molar-refractivity contribution in [2.75, 3.05) is 0 Å². The molecule has 82 valence electrons. The molecule has 0 N–H and O–H groups in total. The zero-order chi connectivity index (χ0) is 11.7. The summed E-state index contributed by atoms with van der Waals surface area (Å²) >= 11 is 0. The molecule has 0 fully saturated rings. The normalized spacial score (nSPS) is 12.9. The summed E-state index contributed by atoms with van der Waals surface area (Å²) in [7, 11) is 0. The highest BCUT2D eigenvalue weighted by Gasteiger charge is 2.11. The van der Waals surface area contributed by atoms with Crippen LogP contribution in [0, 0.1) is 0 Å². The maximum atomic E-state index is 11.7. The van der Waals surface area contributed by atoms with Crippen LogP contribution in [0.2, 0.25) is 0 Å². The third-order valence-electron chi connectivity index (χ3n) is 2.11. The first-order valence-electron chi connectivity index (χ1n) is 4.64. The molecule has 1 aliphatic rings. The number of rotatable bonds is 3.